The van der Waals surface area contributed by atoms with E-state index in [2.05, 4.69) is 26.0 Å². The third-order valence-electron chi connectivity index (χ3n) is 4.12. The number of hydrogen-bond acceptors (Lipinski definition) is 6. The zero-order chi connectivity index (χ0) is 24.3. The van der Waals surface area contributed by atoms with Gasteiger partial charge >= 0.3 is 24.0 Å². The molecule has 0 fully saturated rings. The lowest BCUT2D eigenvalue weighted by molar-refractivity contribution is -0.148. The topological polar surface area (TPSA) is 179 Å². The number of halogens is 2. The van der Waals surface area contributed by atoms with Gasteiger partial charge in [0.05, 0.1) is 5.56 Å². The highest BCUT2D eigenvalue weighted by Gasteiger charge is 2.26. The molecule has 0 aliphatic heterocycles. The van der Waals surface area contributed by atoms with Crippen LogP contribution in [0.4, 0.5) is 9.18 Å². The Morgan fingerprint density at radius 1 is 1.03 bits per heavy atom. The highest BCUT2D eigenvalue weighted by Crippen LogP contribution is 2.15. The van der Waals surface area contributed by atoms with Crippen LogP contribution < -0.4 is 10.6 Å². The fourth-order valence-electron chi connectivity index (χ4n) is 2.49. The third kappa shape index (κ3) is 9.73. The predicted octanol–water partition coefficient (Wildman–Crippen LogP) is 1.99. The molecular weight excluding hydrogens is 499 g/mol. The number of rotatable bonds is 13. The van der Waals surface area contributed by atoms with E-state index >= 15 is 0 Å². The fraction of sp³-hybridized carbons (Fsp3) is 0.421. The van der Waals surface area contributed by atoms with Gasteiger partial charge in [-0.25, -0.2) is 18.8 Å². The number of aliphatic carboxylic acids is 3. The average molecular weight is 521 g/mol. The summed E-state index contributed by atoms with van der Waals surface area (Å²) in [6.07, 6.45) is -3.57. The molecule has 1 unspecified atom stereocenters. The lowest BCUT2D eigenvalue weighted by Crippen LogP contribution is -2.43. The summed E-state index contributed by atoms with van der Waals surface area (Å²) in [4.78, 5) is 56.6. The number of carbonyl (C=O) groups excluding carboxylic acids is 2. The highest BCUT2D eigenvalue weighted by molar-refractivity contribution is 9.10. The Morgan fingerprint density at radius 3 is 2.28 bits per heavy atom. The van der Waals surface area contributed by atoms with Crippen molar-refractivity contribution >= 4 is 45.8 Å². The van der Waals surface area contributed by atoms with Crippen LogP contribution in [-0.4, -0.2) is 63.9 Å². The molecule has 1 aromatic rings. The molecule has 1 rings (SSSR count). The SMILES string of the molecule is O=C(O)CCC(OC(=O)N[C@@H](CCCCNC(=O)c1ccc(Br)cc1F)C(=O)O)C(=O)O. The summed E-state index contributed by atoms with van der Waals surface area (Å²) in [5.41, 5.74) is -0.142. The van der Waals surface area contributed by atoms with Crippen LogP contribution in [0.15, 0.2) is 22.7 Å². The van der Waals surface area contributed by atoms with Crippen molar-refractivity contribution in [1.29, 1.82) is 0 Å². The first kappa shape index (κ1) is 26.8. The van der Waals surface area contributed by atoms with Gasteiger partial charge in [0, 0.05) is 23.9 Å². The number of carbonyl (C=O) groups is 5. The molecule has 32 heavy (non-hydrogen) atoms. The van der Waals surface area contributed by atoms with E-state index in [9.17, 15) is 33.5 Å². The summed E-state index contributed by atoms with van der Waals surface area (Å²) in [6.45, 7) is 0.126. The number of ether oxygens (including phenoxy) is 1. The third-order valence-corrected chi connectivity index (χ3v) is 4.61. The molecule has 2 amide bonds. The first-order valence-corrected chi connectivity index (χ1v) is 10.2. The van der Waals surface area contributed by atoms with Crippen LogP contribution in [0.3, 0.4) is 0 Å². The molecule has 13 heteroatoms. The predicted molar refractivity (Wildman–Crippen MR) is 110 cm³/mol. The van der Waals surface area contributed by atoms with E-state index in [0.717, 1.165) is 6.07 Å². The highest BCUT2D eigenvalue weighted by atomic mass is 79.9. The molecule has 5 N–H and O–H groups in total. The van der Waals surface area contributed by atoms with Crippen molar-refractivity contribution in [2.45, 2.75) is 44.2 Å². The molecule has 1 aromatic carbocycles. The molecule has 0 spiro atoms. The Balaban J connectivity index is 2.45. The van der Waals surface area contributed by atoms with E-state index in [4.69, 9.17) is 10.2 Å². The van der Waals surface area contributed by atoms with E-state index in [-0.39, 0.29) is 24.9 Å². The number of unbranched alkanes of at least 4 members (excludes halogenated alkanes) is 1. The Morgan fingerprint density at radius 2 is 1.72 bits per heavy atom. The summed E-state index contributed by atoms with van der Waals surface area (Å²) < 4.78 is 18.8. The number of hydrogen-bond donors (Lipinski definition) is 5. The van der Waals surface area contributed by atoms with Crippen molar-refractivity contribution < 1.29 is 48.4 Å². The average Bonchev–Trinajstić information content (AvgIpc) is 2.69. The van der Waals surface area contributed by atoms with Gasteiger partial charge in [-0.2, -0.15) is 0 Å². The largest absolute Gasteiger partial charge is 0.481 e. The zero-order valence-corrected chi connectivity index (χ0v) is 18.3. The van der Waals surface area contributed by atoms with Crippen molar-refractivity contribution in [3.05, 3.63) is 34.1 Å². The first-order valence-electron chi connectivity index (χ1n) is 9.39. The molecule has 0 saturated heterocycles. The lowest BCUT2D eigenvalue weighted by atomic mass is 10.1. The zero-order valence-electron chi connectivity index (χ0n) is 16.7. The minimum Gasteiger partial charge on any atom is -0.481 e. The van der Waals surface area contributed by atoms with E-state index in [1.807, 2.05) is 5.32 Å². The summed E-state index contributed by atoms with van der Waals surface area (Å²) in [5.74, 6) is -5.56. The van der Waals surface area contributed by atoms with Gasteiger partial charge in [0.1, 0.15) is 11.9 Å². The number of nitrogens with one attached hydrogen (secondary N) is 2. The summed E-state index contributed by atoms with van der Waals surface area (Å²) >= 11 is 3.08. The van der Waals surface area contributed by atoms with Crippen molar-refractivity contribution in [1.82, 2.24) is 10.6 Å². The van der Waals surface area contributed by atoms with Gasteiger partial charge in [0.15, 0.2) is 0 Å². The minimum absolute atomic E-state index is 0.0557. The van der Waals surface area contributed by atoms with Gasteiger partial charge in [0.2, 0.25) is 6.10 Å². The Labute approximate surface area is 190 Å². The van der Waals surface area contributed by atoms with Crippen LogP contribution in [0.2, 0.25) is 0 Å². The molecule has 0 radical (unpaired) electrons. The molecular formula is C19H22BrFN2O9. The number of amides is 2. The van der Waals surface area contributed by atoms with Gasteiger partial charge in [-0.05, 0) is 37.5 Å². The first-order chi connectivity index (χ1) is 15.0. The quantitative estimate of drug-likeness (QED) is 0.243. The number of carboxylic acids is 3. The van der Waals surface area contributed by atoms with Crippen molar-refractivity contribution in [2.75, 3.05) is 6.54 Å². The minimum atomic E-state index is -1.74. The smallest absolute Gasteiger partial charge is 0.408 e. The molecule has 0 aliphatic rings. The van der Waals surface area contributed by atoms with Crippen LogP contribution >= 0.6 is 15.9 Å². The molecule has 0 bridgehead atoms. The maximum Gasteiger partial charge on any atom is 0.408 e. The van der Waals surface area contributed by atoms with Gasteiger partial charge < -0.3 is 30.7 Å². The standard InChI is InChI=1S/C19H22BrFN2O9/c20-10-4-5-11(12(21)9-10)16(26)22-8-2-1-3-13(17(27)28)23-19(31)32-14(18(29)30)6-7-15(24)25/h4-5,9,13-14H,1-3,6-8H2,(H,22,26)(H,23,31)(H,24,25)(H,27,28)(H,29,30)/t13-,14?/m0/s1. The maximum atomic E-state index is 13.7. The number of benzene rings is 1. The summed E-state index contributed by atoms with van der Waals surface area (Å²) in [7, 11) is 0. The van der Waals surface area contributed by atoms with Crippen LogP contribution in [0, 0.1) is 5.82 Å². The number of alkyl carbamates (subject to hydrolysis) is 1. The molecule has 0 aliphatic carbocycles. The summed E-state index contributed by atoms with van der Waals surface area (Å²) in [6, 6.07) is 2.58. The van der Waals surface area contributed by atoms with Gasteiger partial charge in [-0.1, -0.05) is 15.9 Å². The molecule has 11 nitrogen and oxygen atoms in total. The van der Waals surface area contributed by atoms with E-state index < -0.39 is 60.7 Å². The second-order valence-corrected chi connectivity index (χ2v) is 7.49. The van der Waals surface area contributed by atoms with E-state index in [1.165, 1.54) is 12.1 Å². The summed E-state index contributed by atoms with van der Waals surface area (Å²) in [5, 5.41) is 31.3. The molecule has 0 heterocycles. The maximum absolute atomic E-state index is 13.7. The van der Waals surface area contributed by atoms with E-state index in [0.29, 0.717) is 10.9 Å². The Hall–Kier alpha value is -3.22. The van der Waals surface area contributed by atoms with Gasteiger partial charge in [0.25, 0.3) is 5.91 Å². The van der Waals surface area contributed by atoms with Crippen molar-refractivity contribution in [2.24, 2.45) is 0 Å². The monoisotopic (exact) mass is 520 g/mol. The molecule has 176 valence electrons. The molecule has 0 saturated carbocycles. The number of carboxylic acid groups (broad SMARTS) is 3. The van der Waals surface area contributed by atoms with Gasteiger partial charge in [-0.3, -0.25) is 9.59 Å². The van der Waals surface area contributed by atoms with Crippen LogP contribution in [0.1, 0.15) is 42.5 Å². The van der Waals surface area contributed by atoms with E-state index in [1.54, 1.807) is 0 Å². The van der Waals surface area contributed by atoms with Gasteiger partial charge in [-0.15, -0.1) is 0 Å². The van der Waals surface area contributed by atoms with Crippen LogP contribution in [0.25, 0.3) is 0 Å². The fourth-order valence-corrected chi connectivity index (χ4v) is 2.83. The normalized spacial score (nSPS) is 12.3. The van der Waals surface area contributed by atoms with Crippen molar-refractivity contribution in [3.63, 3.8) is 0 Å². The Kier molecular flexibility index (Phi) is 11.1. The van der Waals surface area contributed by atoms with Crippen LogP contribution in [-0.2, 0) is 19.1 Å². The van der Waals surface area contributed by atoms with Crippen LogP contribution in [0.5, 0.6) is 0 Å². The lowest BCUT2D eigenvalue weighted by Gasteiger charge is -2.17. The van der Waals surface area contributed by atoms with Crippen molar-refractivity contribution in [3.8, 4) is 0 Å². The molecule has 2 atom stereocenters. The molecule has 0 aromatic heterocycles. The second kappa shape index (κ2) is 13.2. The second-order valence-electron chi connectivity index (χ2n) is 6.58. The Bertz CT molecular complexity index is 865.